The third-order valence-electron chi connectivity index (χ3n) is 6.99. The number of carbonyl (C=O) groups is 2. The molecule has 2 heterocycles. The van der Waals surface area contributed by atoms with Crippen LogP contribution in [0.25, 0.3) is 32.5 Å². The molecule has 43 heavy (non-hydrogen) atoms. The van der Waals surface area contributed by atoms with Crippen molar-refractivity contribution in [2.45, 2.75) is 50.1 Å². The standard InChI is InChI=1S/C30H32N4O6S3/c1-30(2,3)34-43(39,40)24-12-11-23(21-9-4-5-10-22(21)24)26-25(18-7-6-8-19(17-18)27(31)35)33-29(41-26)28(36)32-20-13-15-42(37,38)16-14-20/h4-12,17,20,34H,13-16H2,1-3H3,(H2,31,35)(H,32,36). The van der Waals surface area contributed by atoms with Crippen LogP contribution in [0.2, 0.25) is 0 Å². The molecule has 1 fully saturated rings. The van der Waals surface area contributed by atoms with Crippen LogP contribution < -0.4 is 15.8 Å². The molecule has 0 aliphatic carbocycles. The second-order valence-electron chi connectivity index (χ2n) is 11.6. The summed E-state index contributed by atoms with van der Waals surface area (Å²) in [6, 6.07) is 16.7. The number of thiazole rings is 1. The summed E-state index contributed by atoms with van der Waals surface area (Å²) in [7, 11) is -6.97. The SMILES string of the molecule is CC(C)(C)NS(=O)(=O)c1ccc(-c2sc(C(=O)NC3CCS(=O)(=O)CC3)nc2-c2cccc(C(N)=O)c2)c2ccccc12. The third kappa shape index (κ3) is 6.80. The van der Waals surface area contributed by atoms with Crippen molar-refractivity contribution >= 4 is 53.8 Å². The van der Waals surface area contributed by atoms with E-state index in [1.165, 1.54) is 6.07 Å². The fraction of sp³-hybridized carbons (Fsp3) is 0.300. The van der Waals surface area contributed by atoms with Gasteiger partial charge in [-0.25, -0.2) is 26.5 Å². The summed E-state index contributed by atoms with van der Waals surface area (Å²) in [5.74, 6) is -1.03. The molecule has 10 nitrogen and oxygen atoms in total. The highest BCUT2D eigenvalue weighted by Gasteiger charge is 2.29. The van der Waals surface area contributed by atoms with Gasteiger partial charge in [0.25, 0.3) is 5.91 Å². The van der Waals surface area contributed by atoms with Gasteiger partial charge in [0.15, 0.2) is 5.01 Å². The van der Waals surface area contributed by atoms with Crippen molar-refractivity contribution in [2.24, 2.45) is 5.73 Å². The number of hydrogen-bond donors (Lipinski definition) is 3. The lowest BCUT2D eigenvalue weighted by molar-refractivity contribution is 0.0933. The first-order chi connectivity index (χ1) is 20.1. The van der Waals surface area contributed by atoms with Gasteiger partial charge < -0.3 is 11.1 Å². The first-order valence-corrected chi connectivity index (χ1v) is 17.7. The topological polar surface area (TPSA) is 165 Å². The number of nitrogens with one attached hydrogen (secondary N) is 2. The molecule has 3 aromatic carbocycles. The molecule has 5 rings (SSSR count). The Morgan fingerprint density at radius 2 is 1.65 bits per heavy atom. The number of hydrogen-bond acceptors (Lipinski definition) is 8. The minimum absolute atomic E-state index is 0.0115. The molecular weight excluding hydrogens is 609 g/mol. The Kier molecular flexibility index (Phi) is 8.20. The van der Waals surface area contributed by atoms with E-state index in [9.17, 15) is 26.4 Å². The van der Waals surface area contributed by atoms with Gasteiger partial charge >= 0.3 is 0 Å². The van der Waals surface area contributed by atoms with Crippen LogP contribution in [0.1, 0.15) is 53.8 Å². The molecule has 0 unspecified atom stereocenters. The van der Waals surface area contributed by atoms with Crippen molar-refractivity contribution in [3.8, 4) is 21.7 Å². The summed E-state index contributed by atoms with van der Waals surface area (Å²) in [6.45, 7) is 5.30. The number of amides is 2. The number of fused-ring (bicyclic) bond motifs is 1. The number of primary amides is 1. The van der Waals surface area contributed by atoms with Gasteiger partial charge in [-0.2, -0.15) is 0 Å². The van der Waals surface area contributed by atoms with E-state index < -0.39 is 37.2 Å². The quantitative estimate of drug-likeness (QED) is 0.273. The van der Waals surface area contributed by atoms with Crippen molar-refractivity contribution in [1.29, 1.82) is 0 Å². The molecule has 4 N–H and O–H groups in total. The molecule has 1 aromatic heterocycles. The van der Waals surface area contributed by atoms with Gasteiger partial charge in [0, 0.05) is 33.7 Å². The number of carbonyl (C=O) groups excluding carboxylic acids is 2. The summed E-state index contributed by atoms with van der Waals surface area (Å²) in [6.07, 6.45) is 0.645. The van der Waals surface area contributed by atoms with Gasteiger partial charge in [-0.15, -0.1) is 11.3 Å². The van der Waals surface area contributed by atoms with Gasteiger partial charge in [-0.05, 0) is 57.2 Å². The number of benzene rings is 3. The van der Waals surface area contributed by atoms with Crippen molar-refractivity contribution in [3.05, 3.63) is 71.2 Å². The van der Waals surface area contributed by atoms with Crippen molar-refractivity contribution < 1.29 is 26.4 Å². The van der Waals surface area contributed by atoms with Crippen LogP contribution in [0.3, 0.4) is 0 Å². The van der Waals surface area contributed by atoms with E-state index in [-0.39, 0.29) is 33.0 Å². The van der Waals surface area contributed by atoms with E-state index in [2.05, 4.69) is 15.0 Å². The maximum Gasteiger partial charge on any atom is 0.280 e. The molecule has 0 saturated carbocycles. The molecule has 226 valence electrons. The van der Waals surface area contributed by atoms with Gasteiger partial charge in [0.05, 0.1) is 27.0 Å². The molecule has 0 spiro atoms. The molecule has 1 aliphatic rings. The van der Waals surface area contributed by atoms with Crippen LogP contribution in [0.15, 0.2) is 65.6 Å². The smallest absolute Gasteiger partial charge is 0.280 e. The summed E-state index contributed by atoms with van der Waals surface area (Å²) in [5, 5.41) is 4.20. The minimum atomic E-state index is -3.87. The van der Waals surface area contributed by atoms with Crippen LogP contribution in [0.4, 0.5) is 0 Å². The lowest BCUT2D eigenvalue weighted by Gasteiger charge is -2.22. The zero-order valence-corrected chi connectivity index (χ0v) is 26.3. The van der Waals surface area contributed by atoms with Crippen LogP contribution in [-0.2, 0) is 19.9 Å². The molecule has 0 bridgehead atoms. The fourth-order valence-corrected chi connectivity index (χ4v) is 9.21. The Balaban J connectivity index is 1.64. The Hall–Kier alpha value is -3.65. The lowest BCUT2D eigenvalue weighted by Crippen LogP contribution is -2.40. The number of sulfone groups is 1. The maximum atomic E-state index is 13.4. The fourth-order valence-electron chi connectivity index (χ4n) is 5.06. The molecule has 0 radical (unpaired) electrons. The number of aromatic nitrogens is 1. The number of sulfonamides is 1. The molecular formula is C30H32N4O6S3. The van der Waals surface area contributed by atoms with Gasteiger partial charge in [0.2, 0.25) is 15.9 Å². The Labute approximate surface area is 254 Å². The highest BCUT2D eigenvalue weighted by Crippen LogP contribution is 2.42. The summed E-state index contributed by atoms with van der Waals surface area (Å²) in [5.41, 5.74) is 6.75. The van der Waals surface area contributed by atoms with Crippen LogP contribution in [-0.4, -0.2) is 56.7 Å². The third-order valence-corrected chi connectivity index (χ3v) is 11.6. The number of rotatable bonds is 7. The molecule has 1 aliphatic heterocycles. The zero-order valence-electron chi connectivity index (χ0n) is 23.9. The first-order valence-electron chi connectivity index (χ1n) is 13.6. The summed E-state index contributed by atoms with van der Waals surface area (Å²) >= 11 is 1.13. The van der Waals surface area contributed by atoms with E-state index in [4.69, 9.17) is 5.73 Å². The summed E-state index contributed by atoms with van der Waals surface area (Å²) < 4.78 is 53.1. The van der Waals surface area contributed by atoms with E-state index in [0.717, 1.165) is 11.3 Å². The molecule has 1 saturated heterocycles. The lowest BCUT2D eigenvalue weighted by atomic mass is 9.99. The highest BCUT2D eigenvalue weighted by molar-refractivity contribution is 7.91. The van der Waals surface area contributed by atoms with Crippen molar-refractivity contribution in [1.82, 2.24) is 15.0 Å². The van der Waals surface area contributed by atoms with Crippen LogP contribution in [0, 0.1) is 0 Å². The van der Waals surface area contributed by atoms with E-state index in [1.54, 1.807) is 69.3 Å². The van der Waals surface area contributed by atoms with E-state index in [1.807, 2.05) is 6.07 Å². The Morgan fingerprint density at radius 3 is 2.30 bits per heavy atom. The summed E-state index contributed by atoms with van der Waals surface area (Å²) in [4.78, 5) is 30.7. The average molecular weight is 641 g/mol. The van der Waals surface area contributed by atoms with Gasteiger partial charge in [-0.1, -0.05) is 42.5 Å². The second kappa shape index (κ2) is 11.5. The second-order valence-corrected chi connectivity index (χ2v) is 16.5. The molecule has 4 aromatic rings. The highest BCUT2D eigenvalue weighted by atomic mass is 32.2. The van der Waals surface area contributed by atoms with Crippen LogP contribution in [0.5, 0.6) is 0 Å². The van der Waals surface area contributed by atoms with E-state index >= 15 is 0 Å². The largest absolute Gasteiger partial charge is 0.366 e. The van der Waals surface area contributed by atoms with Crippen molar-refractivity contribution in [3.63, 3.8) is 0 Å². The normalized spacial score (nSPS) is 15.8. The number of nitrogens with zero attached hydrogens (tertiary/aromatic N) is 1. The number of nitrogens with two attached hydrogens (primary N) is 1. The first kappa shape index (κ1) is 30.8. The Bertz CT molecular complexity index is 1950. The molecule has 0 atom stereocenters. The predicted octanol–water partition coefficient (Wildman–Crippen LogP) is 4.11. The monoisotopic (exact) mass is 640 g/mol. The average Bonchev–Trinajstić information content (AvgIpc) is 3.38. The van der Waals surface area contributed by atoms with Gasteiger partial charge in [-0.3, -0.25) is 9.59 Å². The minimum Gasteiger partial charge on any atom is -0.366 e. The van der Waals surface area contributed by atoms with Gasteiger partial charge in [0.1, 0.15) is 9.84 Å². The van der Waals surface area contributed by atoms with Crippen LogP contribution >= 0.6 is 11.3 Å². The van der Waals surface area contributed by atoms with Crippen molar-refractivity contribution in [2.75, 3.05) is 11.5 Å². The zero-order chi connectivity index (χ0) is 31.2. The predicted molar refractivity (Wildman–Crippen MR) is 168 cm³/mol. The molecule has 13 heteroatoms. The molecule has 2 amide bonds. The van der Waals surface area contributed by atoms with E-state index in [0.29, 0.717) is 45.3 Å². The Morgan fingerprint density at radius 1 is 0.977 bits per heavy atom. The maximum absolute atomic E-state index is 13.4.